The molecule has 0 aliphatic carbocycles. The van der Waals surface area contributed by atoms with Crippen LogP contribution < -0.4 is 0 Å². The summed E-state index contributed by atoms with van der Waals surface area (Å²) in [4.78, 5) is 16.1. The Hall–Kier alpha value is -8.61. The van der Waals surface area contributed by atoms with Gasteiger partial charge in [0.05, 0.1) is 33.3 Å². The second-order valence-corrected chi connectivity index (χ2v) is 15.9. The zero-order chi connectivity index (χ0) is 41.4. The van der Waals surface area contributed by atoms with Crippen LogP contribution in [-0.4, -0.2) is 24.1 Å². The smallest absolute Gasteiger partial charge is 0.238 e. The minimum Gasteiger partial charge on any atom is -0.455 e. The van der Waals surface area contributed by atoms with Crippen LogP contribution in [0.25, 0.3) is 122 Å². The standard InChI is InChI=1S/C57H35N5O/c1-4-18-36(19-5-1)39-27-16-28-40(37-20-6-2-7-21-37)51(39)61-48-31-13-10-24-41(48)44-34-35-45-42-25-11-14-32-49(42)62(53(45)52(44)61)57-59-55(38-22-8-3-9-23-38)58-56(60-57)47-30-17-29-46-43-26-12-15-33-50(43)63-54(46)47/h1-35H. The van der Waals surface area contributed by atoms with Crippen molar-refractivity contribution in [1.82, 2.24) is 24.1 Å². The first-order valence-electron chi connectivity index (χ1n) is 21.2. The molecule has 0 aliphatic heterocycles. The van der Waals surface area contributed by atoms with Gasteiger partial charge in [0.1, 0.15) is 11.2 Å². The van der Waals surface area contributed by atoms with Gasteiger partial charge in [-0.1, -0.05) is 188 Å². The minimum absolute atomic E-state index is 0.516. The SMILES string of the molecule is c1ccc(-c2nc(-c3cccc4c3oc3ccccc34)nc(-n3c4ccccc4c4ccc5c6ccccc6n(-c6c(-c7ccccc7)cccc6-c6ccccc6)c5c43)n2)cc1. The Kier molecular flexibility index (Phi) is 7.80. The van der Waals surface area contributed by atoms with Crippen LogP contribution >= 0.6 is 0 Å². The van der Waals surface area contributed by atoms with Crippen LogP contribution in [0.15, 0.2) is 217 Å². The maximum absolute atomic E-state index is 6.60. The topological polar surface area (TPSA) is 61.7 Å². The zero-order valence-corrected chi connectivity index (χ0v) is 33.9. The molecular weight excluding hydrogens is 771 g/mol. The summed E-state index contributed by atoms with van der Waals surface area (Å²) in [5.74, 6) is 1.62. The number of fused-ring (bicyclic) bond motifs is 10. The van der Waals surface area contributed by atoms with E-state index in [0.29, 0.717) is 17.6 Å². The lowest BCUT2D eigenvalue weighted by molar-refractivity contribution is 0.669. The summed E-state index contributed by atoms with van der Waals surface area (Å²) in [6, 6.07) is 74.5. The molecule has 13 rings (SSSR count). The van der Waals surface area contributed by atoms with Gasteiger partial charge in [-0.05, 0) is 35.4 Å². The maximum Gasteiger partial charge on any atom is 0.238 e. The second kappa shape index (κ2) is 14.0. The molecule has 0 saturated carbocycles. The van der Waals surface area contributed by atoms with Crippen molar-refractivity contribution in [3.63, 3.8) is 0 Å². The van der Waals surface area contributed by atoms with Crippen molar-refractivity contribution in [1.29, 1.82) is 0 Å². The predicted molar refractivity (Wildman–Crippen MR) is 258 cm³/mol. The molecule has 0 amide bonds. The third-order valence-electron chi connectivity index (χ3n) is 12.4. The number of benzene rings is 9. The molecule has 294 valence electrons. The van der Waals surface area contributed by atoms with Gasteiger partial charge >= 0.3 is 0 Å². The van der Waals surface area contributed by atoms with Gasteiger partial charge in [0.2, 0.25) is 5.95 Å². The van der Waals surface area contributed by atoms with Crippen molar-refractivity contribution in [3.8, 4) is 56.7 Å². The van der Waals surface area contributed by atoms with E-state index in [1.54, 1.807) is 0 Å². The summed E-state index contributed by atoms with van der Waals surface area (Å²) < 4.78 is 11.3. The minimum atomic E-state index is 0.516. The summed E-state index contributed by atoms with van der Waals surface area (Å²) in [5, 5.41) is 6.56. The number of nitrogens with zero attached hydrogens (tertiary/aromatic N) is 5. The molecule has 0 atom stereocenters. The summed E-state index contributed by atoms with van der Waals surface area (Å²) in [5.41, 5.74) is 13.1. The molecule has 6 nitrogen and oxygen atoms in total. The fraction of sp³-hybridized carbons (Fsp3) is 0. The monoisotopic (exact) mass is 805 g/mol. The average molecular weight is 806 g/mol. The molecule has 63 heavy (non-hydrogen) atoms. The van der Waals surface area contributed by atoms with Crippen molar-refractivity contribution < 1.29 is 4.42 Å². The van der Waals surface area contributed by atoms with Gasteiger partial charge in [-0.2, -0.15) is 9.97 Å². The highest BCUT2D eigenvalue weighted by atomic mass is 16.3. The Morgan fingerprint density at radius 2 is 0.794 bits per heavy atom. The van der Waals surface area contributed by atoms with Gasteiger partial charge in [0, 0.05) is 49.0 Å². The van der Waals surface area contributed by atoms with Crippen molar-refractivity contribution in [2.75, 3.05) is 0 Å². The Labute approximate surface area is 361 Å². The summed E-state index contributed by atoms with van der Waals surface area (Å²) in [7, 11) is 0. The van der Waals surface area contributed by atoms with E-state index in [2.05, 4.69) is 179 Å². The number of hydrogen-bond donors (Lipinski definition) is 0. The van der Waals surface area contributed by atoms with Gasteiger partial charge < -0.3 is 8.98 Å². The van der Waals surface area contributed by atoms with Crippen LogP contribution in [0.2, 0.25) is 0 Å². The molecule has 0 fully saturated rings. The molecule has 0 radical (unpaired) electrons. The maximum atomic E-state index is 6.60. The lowest BCUT2D eigenvalue weighted by atomic mass is 9.95. The van der Waals surface area contributed by atoms with E-state index < -0.39 is 0 Å². The van der Waals surface area contributed by atoms with Crippen LogP contribution in [0.5, 0.6) is 0 Å². The summed E-state index contributed by atoms with van der Waals surface area (Å²) in [6.45, 7) is 0. The van der Waals surface area contributed by atoms with E-state index in [-0.39, 0.29) is 0 Å². The molecule has 0 aliphatic rings. The lowest BCUT2D eigenvalue weighted by Gasteiger charge is -2.20. The number of para-hydroxylation sites is 5. The molecule has 0 bridgehead atoms. The zero-order valence-electron chi connectivity index (χ0n) is 33.9. The molecule has 0 unspecified atom stereocenters. The third-order valence-corrected chi connectivity index (χ3v) is 12.4. The highest BCUT2D eigenvalue weighted by Crippen LogP contribution is 2.46. The number of aromatic nitrogens is 5. The van der Waals surface area contributed by atoms with Crippen LogP contribution in [0.1, 0.15) is 0 Å². The molecule has 0 spiro atoms. The van der Waals surface area contributed by atoms with Crippen LogP contribution in [0.3, 0.4) is 0 Å². The van der Waals surface area contributed by atoms with E-state index in [4.69, 9.17) is 19.4 Å². The van der Waals surface area contributed by atoms with E-state index in [9.17, 15) is 0 Å². The van der Waals surface area contributed by atoms with Gasteiger partial charge in [-0.25, -0.2) is 4.98 Å². The largest absolute Gasteiger partial charge is 0.455 e. The van der Waals surface area contributed by atoms with Crippen LogP contribution in [0, 0.1) is 0 Å². The highest BCUT2D eigenvalue weighted by molar-refractivity contribution is 6.24. The van der Waals surface area contributed by atoms with Crippen molar-refractivity contribution in [3.05, 3.63) is 212 Å². The fourth-order valence-electron chi connectivity index (χ4n) is 9.65. The molecule has 13 aromatic rings. The van der Waals surface area contributed by atoms with Crippen molar-refractivity contribution in [2.45, 2.75) is 0 Å². The Bertz CT molecular complexity index is 3850. The predicted octanol–water partition coefficient (Wildman–Crippen LogP) is 14.6. The number of hydrogen-bond acceptors (Lipinski definition) is 4. The summed E-state index contributed by atoms with van der Waals surface area (Å²) in [6.07, 6.45) is 0. The first kappa shape index (κ1) is 35.2. The van der Waals surface area contributed by atoms with Crippen molar-refractivity contribution >= 4 is 65.6 Å². The van der Waals surface area contributed by atoms with Gasteiger partial charge in [-0.15, -0.1) is 0 Å². The van der Waals surface area contributed by atoms with Gasteiger partial charge in [0.25, 0.3) is 0 Å². The number of furan rings is 1. The Morgan fingerprint density at radius 3 is 1.44 bits per heavy atom. The Morgan fingerprint density at radius 1 is 0.317 bits per heavy atom. The molecule has 0 N–H and O–H groups in total. The number of rotatable bonds is 6. The molecule has 9 aromatic carbocycles. The van der Waals surface area contributed by atoms with Crippen LogP contribution in [-0.2, 0) is 0 Å². The normalized spacial score (nSPS) is 11.8. The molecule has 4 heterocycles. The van der Waals surface area contributed by atoms with E-state index in [1.807, 2.05) is 42.5 Å². The average Bonchev–Trinajstić information content (AvgIpc) is 4.02. The van der Waals surface area contributed by atoms with E-state index >= 15 is 0 Å². The fourth-order valence-corrected chi connectivity index (χ4v) is 9.65. The molecular formula is C57H35N5O. The first-order valence-corrected chi connectivity index (χ1v) is 21.2. The third kappa shape index (κ3) is 5.41. The molecule has 6 heteroatoms. The van der Waals surface area contributed by atoms with E-state index in [0.717, 1.165) is 105 Å². The van der Waals surface area contributed by atoms with Crippen LogP contribution in [0.4, 0.5) is 0 Å². The second-order valence-electron chi connectivity index (χ2n) is 15.9. The van der Waals surface area contributed by atoms with Crippen molar-refractivity contribution in [2.24, 2.45) is 0 Å². The lowest BCUT2D eigenvalue weighted by Crippen LogP contribution is -2.07. The molecule has 4 aromatic heterocycles. The summed E-state index contributed by atoms with van der Waals surface area (Å²) >= 11 is 0. The quantitative estimate of drug-likeness (QED) is 0.168. The molecule has 0 saturated heterocycles. The van der Waals surface area contributed by atoms with E-state index in [1.165, 1.54) is 0 Å². The van der Waals surface area contributed by atoms with Gasteiger partial charge in [0.15, 0.2) is 11.6 Å². The Balaban J connectivity index is 1.20. The first-order chi connectivity index (χ1) is 31.3. The highest BCUT2D eigenvalue weighted by Gasteiger charge is 2.26. The van der Waals surface area contributed by atoms with Gasteiger partial charge in [-0.3, -0.25) is 4.57 Å².